The SMILES string of the molecule is c1ccc(-n2c3ccccc3c3cc4cc5c(cc4cc32)c2ccccc2n5-c2cccc3c4ccccc4n(-c4ccccc4)c23)cc1. The van der Waals surface area contributed by atoms with Crippen LogP contribution < -0.4 is 0 Å². The van der Waals surface area contributed by atoms with E-state index in [9.17, 15) is 0 Å². The van der Waals surface area contributed by atoms with Crippen molar-refractivity contribution >= 4 is 76.2 Å². The summed E-state index contributed by atoms with van der Waals surface area (Å²) >= 11 is 0. The Labute approximate surface area is 282 Å². The fraction of sp³-hybridized carbons (Fsp3) is 0. The van der Waals surface area contributed by atoms with E-state index >= 15 is 0 Å². The first kappa shape index (κ1) is 26.5. The van der Waals surface area contributed by atoms with E-state index in [-0.39, 0.29) is 0 Å². The largest absolute Gasteiger partial charge is 0.309 e. The summed E-state index contributed by atoms with van der Waals surface area (Å²) in [7, 11) is 0. The lowest BCUT2D eigenvalue weighted by Gasteiger charge is -2.14. The Morgan fingerprint density at radius 1 is 0.265 bits per heavy atom. The molecule has 0 fully saturated rings. The first-order valence-electron chi connectivity index (χ1n) is 16.9. The fourth-order valence-corrected chi connectivity index (χ4v) is 8.32. The number of para-hydroxylation sites is 6. The average molecular weight is 624 g/mol. The minimum Gasteiger partial charge on any atom is -0.309 e. The number of aromatic nitrogens is 3. The number of rotatable bonds is 3. The molecule has 0 radical (unpaired) electrons. The first-order valence-corrected chi connectivity index (χ1v) is 16.9. The highest BCUT2D eigenvalue weighted by atomic mass is 15.1. The average Bonchev–Trinajstić information content (AvgIpc) is 3.79. The van der Waals surface area contributed by atoms with Gasteiger partial charge in [0.2, 0.25) is 0 Å². The summed E-state index contributed by atoms with van der Waals surface area (Å²) in [5.41, 5.74) is 10.8. The standard InChI is InChI=1S/C46H29N3/c1-3-14-32(15-4-1)47-40-22-10-8-19-35(40)38-26-31-29-45-39(27-30(31)28-44(38)47)36-20-9-12-24-42(36)49(45)43-25-13-21-37-34-18-7-11-23-41(34)48(46(37)43)33-16-5-2-6-17-33/h1-29H. The van der Waals surface area contributed by atoms with Crippen LogP contribution in [0.2, 0.25) is 0 Å². The van der Waals surface area contributed by atoms with E-state index < -0.39 is 0 Å². The van der Waals surface area contributed by atoms with Gasteiger partial charge >= 0.3 is 0 Å². The third-order valence-corrected chi connectivity index (χ3v) is 10.4. The smallest absolute Gasteiger partial charge is 0.0782 e. The number of hydrogen-bond donors (Lipinski definition) is 0. The molecule has 0 aliphatic rings. The minimum atomic E-state index is 1.16. The molecule has 0 aliphatic heterocycles. The Kier molecular flexibility index (Phi) is 5.38. The van der Waals surface area contributed by atoms with Gasteiger partial charge in [-0.05, 0) is 83.6 Å². The van der Waals surface area contributed by atoms with Crippen LogP contribution in [0.25, 0.3) is 93.3 Å². The Morgan fingerprint density at radius 2 is 0.694 bits per heavy atom. The predicted molar refractivity (Wildman–Crippen MR) is 207 cm³/mol. The first-order chi connectivity index (χ1) is 24.3. The van der Waals surface area contributed by atoms with Crippen LogP contribution in [0.4, 0.5) is 0 Å². The van der Waals surface area contributed by atoms with E-state index in [2.05, 4.69) is 190 Å². The van der Waals surface area contributed by atoms with Crippen molar-refractivity contribution in [3.8, 4) is 17.1 Å². The second-order valence-electron chi connectivity index (χ2n) is 13.0. The molecule has 11 rings (SSSR count). The maximum absolute atomic E-state index is 2.49. The summed E-state index contributed by atoms with van der Waals surface area (Å²) in [6.45, 7) is 0. The van der Waals surface area contributed by atoms with Crippen LogP contribution in [-0.4, -0.2) is 13.7 Å². The molecular formula is C46H29N3. The van der Waals surface area contributed by atoms with Gasteiger partial charge in [0.25, 0.3) is 0 Å². The maximum atomic E-state index is 2.49. The molecule has 0 N–H and O–H groups in total. The molecule has 0 atom stereocenters. The van der Waals surface area contributed by atoms with Crippen molar-refractivity contribution in [1.82, 2.24) is 13.7 Å². The fourth-order valence-electron chi connectivity index (χ4n) is 8.32. The molecule has 3 heterocycles. The summed E-state index contributed by atoms with van der Waals surface area (Å²) < 4.78 is 7.33. The number of fused-ring (bicyclic) bond motifs is 10. The molecule has 3 nitrogen and oxygen atoms in total. The van der Waals surface area contributed by atoms with Gasteiger partial charge in [0.05, 0.1) is 38.8 Å². The lowest BCUT2D eigenvalue weighted by molar-refractivity contribution is 1.13. The van der Waals surface area contributed by atoms with Crippen LogP contribution in [0.15, 0.2) is 176 Å². The monoisotopic (exact) mass is 623 g/mol. The molecule has 0 aliphatic carbocycles. The van der Waals surface area contributed by atoms with Gasteiger partial charge in [-0.15, -0.1) is 0 Å². The van der Waals surface area contributed by atoms with E-state index in [1.54, 1.807) is 0 Å². The van der Waals surface area contributed by atoms with E-state index in [4.69, 9.17) is 0 Å². The van der Waals surface area contributed by atoms with E-state index in [0.717, 1.165) is 5.69 Å². The molecule has 0 bridgehead atoms. The van der Waals surface area contributed by atoms with Crippen molar-refractivity contribution in [2.75, 3.05) is 0 Å². The van der Waals surface area contributed by atoms with Gasteiger partial charge in [-0.1, -0.05) is 103 Å². The summed E-state index contributed by atoms with van der Waals surface area (Å²) in [5.74, 6) is 0. The van der Waals surface area contributed by atoms with Gasteiger partial charge in [0.1, 0.15) is 0 Å². The Bertz CT molecular complexity index is 3090. The van der Waals surface area contributed by atoms with Gasteiger partial charge < -0.3 is 13.7 Å². The van der Waals surface area contributed by atoms with E-state index in [1.807, 2.05) is 0 Å². The predicted octanol–water partition coefficient (Wildman–Crippen LogP) is 12.1. The van der Waals surface area contributed by atoms with Crippen LogP contribution >= 0.6 is 0 Å². The van der Waals surface area contributed by atoms with E-state index in [0.29, 0.717) is 0 Å². The Morgan fingerprint density at radius 3 is 1.29 bits per heavy atom. The van der Waals surface area contributed by atoms with Gasteiger partial charge in [-0.3, -0.25) is 0 Å². The number of nitrogens with zero attached hydrogens (tertiary/aromatic N) is 3. The van der Waals surface area contributed by atoms with Crippen molar-refractivity contribution in [2.24, 2.45) is 0 Å². The van der Waals surface area contributed by atoms with Crippen LogP contribution in [0.3, 0.4) is 0 Å². The number of hydrogen-bond acceptors (Lipinski definition) is 0. The quantitative estimate of drug-likeness (QED) is 0.186. The molecule has 0 saturated carbocycles. The van der Waals surface area contributed by atoms with Gasteiger partial charge in [-0.25, -0.2) is 0 Å². The van der Waals surface area contributed by atoms with Gasteiger partial charge in [0, 0.05) is 43.7 Å². The molecule has 0 saturated heterocycles. The van der Waals surface area contributed by atoms with Crippen molar-refractivity contribution < 1.29 is 0 Å². The van der Waals surface area contributed by atoms with Crippen LogP contribution in [0.1, 0.15) is 0 Å². The minimum absolute atomic E-state index is 1.16. The highest BCUT2D eigenvalue weighted by Gasteiger charge is 2.21. The summed E-state index contributed by atoms with van der Waals surface area (Å²) in [6.07, 6.45) is 0. The highest BCUT2D eigenvalue weighted by Crippen LogP contribution is 2.42. The second-order valence-corrected chi connectivity index (χ2v) is 13.0. The summed E-state index contributed by atoms with van der Waals surface area (Å²) in [4.78, 5) is 0. The third-order valence-electron chi connectivity index (χ3n) is 10.4. The molecule has 228 valence electrons. The zero-order valence-electron chi connectivity index (χ0n) is 26.6. The summed E-state index contributed by atoms with van der Waals surface area (Å²) in [5, 5.41) is 10.0. The molecule has 11 aromatic rings. The van der Waals surface area contributed by atoms with E-state index in [1.165, 1.54) is 87.6 Å². The van der Waals surface area contributed by atoms with Crippen molar-refractivity contribution in [3.05, 3.63) is 176 Å². The zero-order chi connectivity index (χ0) is 32.1. The molecule has 3 heteroatoms. The molecule has 0 amide bonds. The van der Waals surface area contributed by atoms with Crippen LogP contribution in [-0.2, 0) is 0 Å². The maximum Gasteiger partial charge on any atom is 0.0782 e. The second kappa shape index (κ2) is 9.96. The Hall–Kier alpha value is -6.58. The normalized spacial score (nSPS) is 12.1. The third kappa shape index (κ3) is 3.67. The van der Waals surface area contributed by atoms with Crippen molar-refractivity contribution in [3.63, 3.8) is 0 Å². The zero-order valence-corrected chi connectivity index (χ0v) is 26.6. The number of benzene rings is 8. The van der Waals surface area contributed by atoms with Gasteiger partial charge in [-0.2, -0.15) is 0 Å². The van der Waals surface area contributed by atoms with Gasteiger partial charge in [0.15, 0.2) is 0 Å². The van der Waals surface area contributed by atoms with Crippen molar-refractivity contribution in [2.45, 2.75) is 0 Å². The molecule has 8 aromatic carbocycles. The molecule has 0 unspecified atom stereocenters. The highest BCUT2D eigenvalue weighted by molar-refractivity contribution is 6.19. The lowest BCUT2D eigenvalue weighted by atomic mass is 10.0. The molecule has 0 spiro atoms. The van der Waals surface area contributed by atoms with Crippen molar-refractivity contribution in [1.29, 1.82) is 0 Å². The van der Waals surface area contributed by atoms with Crippen LogP contribution in [0, 0.1) is 0 Å². The summed E-state index contributed by atoms with van der Waals surface area (Å²) in [6, 6.07) is 64.2. The molecule has 3 aromatic heterocycles. The van der Waals surface area contributed by atoms with Crippen LogP contribution in [0.5, 0.6) is 0 Å². The molecular weight excluding hydrogens is 595 g/mol. The Balaban J connectivity index is 1.28. The topological polar surface area (TPSA) is 14.8 Å². The molecule has 49 heavy (non-hydrogen) atoms. The lowest BCUT2D eigenvalue weighted by Crippen LogP contribution is -2.00.